The third-order valence-electron chi connectivity index (χ3n) is 2.20. The molecule has 0 unspecified atom stereocenters. The number of carbonyl (C=O) groups excluding carboxylic acids is 1. The van der Waals surface area contributed by atoms with Crippen LogP contribution in [0.5, 0.6) is 0 Å². The lowest BCUT2D eigenvalue weighted by atomic mass is 10.0. The summed E-state index contributed by atoms with van der Waals surface area (Å²) in [5.74, 6) is 0.137. The topological polar surface area (TPSA) is 17.1 Å². The Morgan fingerprint density at radius 1 is 1.50 bits per heavy atom. The van der Waals surface area contributed by atoms with E-state index >= 15 is 0 Å². The van der Waals surface area contributed by atoms with Gasteiger partial charge in [-0.3, -0.25) is 4.79 Å². The minimum atomic E-state index is 0.137. The number of benzene rings is 1. The first kappa shape index (κ1) is 10.7. The monoisotopic (exact) mass is 188 g/mol. The van der Waals surface area contributed by atoms with Crippen molar-refractivity contribution >= 4 is 5.78 Å². The predicted octanol–water partition coefficient (Wildman–Crippen LogP) is 3.07. The second kappa shape index (κ2) is 5.38. The molecule has 1 aromatic rings. The van der Waals surface area contributed by atoms with Crippen LogP contribution in [-0.4, -0.2) is 5.78 Å². The van der Waals surface area contributed by atoms with Crippen molar-refractivity contribution in [1.82, 2.24) is 0 Å². The first-order valence-corrected chi connectivity index (χ1v) is 4.93. The molecule has 1 heteroatoms. The molecule has 0 N–H and O–H groups in total. The molecular formula is C13H16O. The van der Waals surface area contributed by atoms with Gasteiger partial charge < -0.3 is 0 Å². The molecule has 0 aliphatic rings. The highest BCUT2D eigenvalue weighted by atomic mass is 16.1. The van der Waals surface area contributed by atoms with Crippen molar-refractivity contribution < 1.29 is 4.79 Å². The number of hydrogen-bond donors (Lipinski definition) is 0. The summed E-state index contributed by atoms with van der Waals surface area (Å²) >= 11 is 0. The Hall–Kier alpha value is -1.37. The standard InChI is InChI=1S/C13H16O/c1-3-13(14)9-5-8-12-7-4-6-11(2)10-12/h3-4,6-7,10H,1,5,8-9H2,2H3. The Balaban J connectivity index is 2.38. The maximum Gasteiger partial charge on any atom is 0.155 e. The first-order valence-electron chi connectivity index (χ1n) is 4.93. The van der Waals surface area contributed by atoms with Crippen molar-refractivity contribution in [2.24, 2.45) is 0 Å². The minimum Gasteiger partial charge on any atom is -0.295 e. The smallest absolute Gasteiger partial charge is 0.155 e. The van der Waals surface area contributed by atoms with E-state index < -0.39 is 0 Å². The maximum atomic E-state index is 11.0. The molecule has 0 saturated carbocycles. The zero-order valence-corrected chi connectivity index (χ0v) is 8.62. The normalized spacial score (nSPS) is 9.79. The summed E-state index contributed by atoms with van der Waals surface area (Å²) in [6.45, 7) is 5.53. The molecule has 0 fully saturated rings. The van der Waals surface area contributed by atoms with Gasteiger partial charge in [0.05, 0.1) is 0 Å². The summed E-state index contributed by atoms with van der Waals surface area (Å²) in [5.41, 5.74) is 2.58. The van der Waals surface area contributed by atoms with Crippen LogP contribution in [0.15, 0.2) is 36.9 Å². The molecule has 0 aliphatic heterocycles. The molecule has 0 saturated heterocycles. The van der Waals surface area contributed by atoms with Crippen molar-refractivity contribution in [3.05, 3.63) is 48.0 Å². The summed E-state index contributed by atoms with van der Waals surface area (Å²) in [6.07, 6.45) is 3.89. The van der Waals surface area contributed by atoms with Gasteiger partial charge in [-0.15, -0.1) is 0 Å². The van der Waals surface area contributed by atoms with E-state index in [-0.39, 0.29) is 5.78 Å². The molecule has 0 bridgehead atoms. The van der Waals surface area contributed by atoms with Crippen molar-refractivity contribution in [2.75, 3.05) is 0 Å². The fourth-order valence-electron chi connectivity index (χ4n) is 1.44. The van der Waals surface area contributed by atoms with Gasteiger partial charge in [-0.25, -0.2) is 0 Å². The summed E-state index contributed by atoms with van der Waals surface area (Å²) < 4.78 is 0. The molecule has 74 valence electrons. The molecule has 0 heterocycles. The minimum absolute atomic E-state index is 0.137. The van der Waals surface area contributed by atoms with E-state index in [1.807, 2.05) is 0 Å². The number of allylic oxidation sites excluding steroid dienone is 1. The highest BCUT2D eigenvalue weighted by Gasteiger charge is 1.97. The fourth-order valence-corrected chi connectivity index (χ4v) is 1.44. The third kappa shape index (κ3) is 3.56. The molecule has 1 nitrogen and oxygen atoms in total. The quantitative estimate of drug-likeness (QED) is 0.649. The van der Waals surface area contributed by atoms with Gasteiger partial charge in [-0.05, 0) is 31.4 Å². The van der Waals surface area contributed by atoms with Gasteiger partial charge in [0.15, 0.2) is 5.78 Å². The molecule has 0 atom stereocenters. The summed E-state index contributed by atoms with van der Waals surface area (Å²) in [5, 5.41) is 0. The van der Waals surface area contributed by atoms with Crippen LogP contribution in [0.4, 0.5) is 0 Å². The average Bonchev–Trinajstić information content (AvgIpc) is 2.17. The first-order chi connectivity index (χ1) is 6.72. The van der Waals surface area contributed by atoms with Crippen molar-refractivity contribution in [1.29, 1.82) is 0 Å². The number of aryl methyl sites for hydroxylation is 2. The van der Waals surface area contributed by atoms with Crippen molar-refractivity contribution in [2.45, 2.75) is 26.2 Å². The molecule has 0 spiro atoms. The lowest BCUT2D eigenvalue weighted by Gasteiger charge is -2.00. The van der Waals surface area contributed by atoms with Crippen LogP contribution in [0.1, 0.15) is 24.0 Å². The van der Waals surface area contributed by atoms with Gasteiger partial charge in [0.25, 0.3) is 0 Å². The van der Waals surface area contributed by atoms with Crippen LogP contribution < -0.4 is 0 Å². The number of hydrogen-bond acceptors (Lipinski definition) is 1. The van der Waals surface area contributed by atoms with Crippen LogP contribution >= 0.6 is 0 Å². The number of carbonyl (C=O) groups is 1. The van der Waals surface area contributed by atoms with E-state index in [4.69, 9.17) is 0 Å². The van der Waals surface area contributed by atoms with Gasteiger partial charge in [0.1, 0.15) is 0 Å². The third-order valence-corrected chi connectivity index (χ3v) is 2.20. The van der Waals surface area contributed by atoms with Gasteiger partial charge in [0, 0.05) is 6.42 Å². The van der Waals surface area contributed by atoms with Gasteiger partial charge in [-0.2, -0.15) is 0 Å². The summed E-state index contributed by atoms with van der Waals surface area (Å²) in [7, 11) is 0. The second-order valence-electron chi connectivity index (χ2n) is 3.51. The van der Waals surface area contributed by atoms with E-state index in [0.29, 0.717) is 6.42 Å². The Labute approximate surface area is 85.5 Å². The lowest BCUT2D eigenvalue weighted by Crippen LogP contribution is -1.94. The largest absolute Gasteiger partial charge is 0.295 e. The number of rotatable bonds is 5. The highest BCUT2D eigenvalue weighted by molar-refractivity contribution is 5.88. The predicted molar refractivity (Wildman–Crippen MR) is 59.3 cm³/mol. The lowest BCUT2D eigenvalue weighted by molar-refractivity contribution is -0.114. The van der Waals surface area contributed by atoms with Crippen LogP contribution in [0.3, 0.4) is 0 Å². The zero-order chi connectivity index (χ0) is 10.4. The SMILES string of the molecule is C=CC(=O)CCCc1cccc(C)c1. The molecule has 0 aliphatic carbocycles. The molecule has 0 aromatic heterocycles. The Bertz CT molecular complexity index is 326. The summed E-state index contributed by atoms with van der Waals surface area (Å²) in [6, 6.07) is 8.40. The maximum absolute atomic E-state index is 11.0. The van der Waals surface area contributed by atoms with Crippen molar-refractivity contribution in [3.63, 3.8) is 0 Å². The van der Waals surface area contributed by atoms with Crippen LogP contribution in [-0.2, 0) is 11.2 Å². The zero-order valence-electron chi connectivity index (χ0n) is 8.62. The Morgan fingerprint density at radius 2 is 2.29 bits per heavy atom. The van der Waals surface area contributed by atoms with E-state index in [2.05, 4.69) is 37.8 Å². The van der Waals surface area contributed by atoms with Crippen LogP contribution in [0, 0.1) is 6.92 Å². The Morgan fingerprint density at radius 3 is 2.93 bits per heavy atom. The second-order valence-corrected chi connectivity index (χ2v) is 3.51. The molecule has 0 radical (unpaired) electrons. The number of ketones is 1. The van der Waals surface area contributed by atoms with Crippen molar-refractivity contribution in [3.8, 4) is 0 Å². The van der Waals surface area contributed by atoms with Crippen LogP contribution in [0.25, 0.3) is 0 Å². The fraction of sp³-hybridized carbons (Fsp3) is 0.308. The van der Waals surface area contributed by atoms with E-state index in [1.165, 1.54) is 17.2 Å². The average molecular weight is 188 g/mol. The molecule has 1 rings (SSSR count). The highest BCUT2D eigenvalue weighted by Crippen LogP contribution is 2.08. The molecular weight excluding hydrogens is 172 g/mol. The molecule has 14 heavy (non-hydrogen) atoms. The van der Waals surface area contributed by atoms with Gasteiger partial charge in [-0.1, -0.05) is 36.4 Å². The Kier molecular flexibility index (Phi) is 4.11. The molecule has 1 aromatic carbocycles. The van der Waals surface area contributed by atoms with E-state index in [1.54, 1.807) is 0 Å². The van der Waals surface area contributed by atoms with Gasteiger partial charge in [0.2, 0.25) is 0 Å². The van der Waals surface area contributed by atoms with E-state index in [9.17, 15) is 4.79 Å². The van der Waals surface area contributed by atoms with E-state index in [0.717, 1.165) is 12.8 Å². The van der Waals surface area contributed by atoms with Crippen LogP contribution in [0.2, 0.25) is 0 Å². The molecule has 0 amide bonds. The summed E-state index contributed by atoms with van der Waals surface area (Å²) in [4.78, 5) is 11.0. The van der Waals surface area contributed by atoms with Gasteiger partial charge >= 0.3 is 0 Å².